The molecule has 0 saturated carbocycles. The number of rotatable bonds is 5. The Balaban J connectivity index is 1.87. The molecule has 0 atom stereocenters. The van der Waals surface area contributed by atoms with E-state index in [1.54, 1.807) is 0 Å². The highest BCUT2D eigenvalue weighted by molar-refractivity contribution is 5.53. The van der Waals surface area contributed by atoms with Gasteiger partial charge in [0.15, 0.2) is 0 Å². The third kappa shape index (κ3) is 3.37. The van der Waals surface area contributed by atoms with Crippen LogP contribution in [-0.2, 0) is 0 Å². The third-order valence-corrected chi connectivity index (χ3v) is 3.57. The molecule has 0 aromatic heterocycles. The van der Waals surface area contributed by atoms with E-state index < -0.39 is 0 Å². The summed E-state index contributed by atoms with van der Waals surface area (Å²) in [5.41, 5.74) is 7.82. The van der Waals surface area contributed by atoms with Crippen molar-refractivity contribution >= 4 is 11.4 Å². The summed E-state index contributed by atoms with van der Waals surface area (Å²) in [6.45, 7) is 8.92. The first kappa shape index (κ1) is 13.2. The molecule has 1 aliphatic heterocycles. The van der Waals surface area contributed by atoms with Crippen molar-refractivity contribution in [2.24, 2.45) is 0 Å². The zero-order chi connectivity index (χ0) is 13.0. The fourth-order valence-corrected chi connectivity index (χ4v) is 2.39. The number of nitrogens with zero attached hydrogens (tertiary/aromatic N) is 3. The van der Waals surface area contributed by atoms with Crippen molar-refractivity contribution in [3.8, 4) is 0 Å². The van der Waals surface area contributed by atoms with E-state index in [2.05, 4.69) is 40.8 Å². The van der Waals surface area contributed by atoms with Crippen molar-refractivity contribution in [2.45, 2.75) is 6.92 Å². The lowest BCUT2D eigenvalue weighted by molar-refractivity contribution is 0.279. The molecule has 1 aliphatic rings. The maximum Gasteiger partial charge on any atom is 0.0505 e. The summed E-state index contributed by atoms with van der Waals surface area (Å²) in [5, 5.41) is 0. The van der Waals surface area contributed by atoms with Gasteiger partial charge in [-0.3, -0.25) is 9.80 Å². The number of anilines is 2. The summed E-state index contributed by atoms with van der Waals surface area (Å²) in [4.78, 5) is 7.26. The monoisotopic (exact) mass is 248 g/mol. The molecule has 1 heterocycles. The van der Waals surface area contributed by atoms with Crippen LogP contribution in [0.1, 0.15) is 6.92 Å². The Labute approximate surface area is 110 Å². The average Bonchev–Trinajstić information content (AvgIpc) is 2.78. The van der Waals surface area contributed by atoms with Crippen molar-refractivity contribution in [3.05, 3.63) is 24.3 Å². The average molecular weight is 248 g/mol. The molecule has 0 spiro atoms. The lowest BCUT2D eigenvalue weighted by atomic mass is 10.2. The number of likely N-dealkylation sites (N-methyl/N-ethyl adjacent to an activating group) is 2. The second-order valence-corrected chi connectivity index (χ2v) is 5.01. The standard InChI is InChI=1S/C14H24N4/c1-3-18(14-6-4-13(15)5-7-14)11-10-17-9-8-16(2)12-17/h4-7H,3,8-12,15H2,1-2H3. The predicted molar refractivity (Wildman–Crippen MR) is 77.8 cm³/mol. The van der Waals surface area contributed by atoms with E-state index in [9.17, 15) is 0 Å². The van der Waals surface area contributed by atoms with Crippen LogP contribution in [0.2, 0.25) is 0 Å². The van der Waals surface area contributed by atoms with Gasteiger partial charge in [-0.05, 0) is 38.2 Å². The van der Waals surface area contributed by atoms with Crippen LogP contribution < -0.4 is 10.6 Å². The Bertz CT molecular complexity index is 363. The van der Waals surface area contributed by atoms with Gasteiger partial charge in [0.05, 0.1) is 6.67 Å². The Morgan fingerprint density at radius 1 is 1.22 bits per heavy atom. The molecule has 4 nitrogen and oxygen atoms in total. The van der Waals surface area contributed by atoms with Gasteiger partial charge < -0.3 is 10.6 Å². The SMILES string of the molecule is CCN(CCN1CCN(C)C1)c1ccc(N)cc1. The minimum Gasteiger partial charge on any atom is -0.399 e. The summed E-state index contributed by atoms with van der Waals surface area (Å²) in [7, 11) is 2.18. The van der Waals surface area contributed by atoms with E-state index in [0.717, 1.165) is 32.0 Å². The molecule has 18 heavy (non-hydrogen) atoms. The van der Waals surface area contributed by atoms with Gasteiger partial charge in [-0.25, -0.2) is 0 Å². The molecule has 1 fully saturated rings. The highest BCUT2D eigenvalue weighted by Gasteiger charge is 2.16. The largest absolute Gasteiger partial charge is 0.399 e. The lowest BCUT2D eigenvalue weighted by Crippen LogP contribution is -2.34. The van der Waals surface area contributed by atoms with Gasteiger partial charge in [-0.15, -0.1) is 0 Å². The molecule has 0 amide bonds. The van der Waals surface area contributed by atoms with E-state index in [4.69, 9.17) is 5.73 Å². The number of benzene rings is 1. The van der Waals surface area contributed by atoms with Gasteiger partial charge in [0.2, 0.25) is 0 Å². The third-order valence-electron chi connectivity index (χ3n) is 3.57. The number of nitrogens with two attached hydrogens (primary N) is 1. The first-order valence-corrected chi connectivity index (χ1v) is 6.70. The van der Waals surface area contributed by atoms with Crippen molar-refractivity contribution in [3.63, 3.8) is 0 Å². The van der Waals surface area contributed by atoms with E-state index in [0.29, 0.717) is 0 Å². The number of hydrogen-bond acceptors (Lipinski definition) is 4. The number of hydrogen-bond donors (Lipinski definition) is 1. The number of nitrogen functional groups attached to an aromatic ring is 1. The zero-order valence-corrected chi connectivity index (χ0v) is 11.5. The fourth-order valence-electron chi connectivity index (χ4n) is 2.39. The summed E-state index contributed by atoms with van der Waals surface area (Å²) < 4.78 is 0. The highest BCUT2D eigenvalue weighted by Crippen LogP contribution is 2.16. The summed E-state index contributed by atoms with van der Waals surface area (Å²) in [6, 6.07) is 8.16. The molecule has 1 saturated heterocycles. The van der Waals surface area contributed by atoms with Crippen LogP contribution in [0, 0.1) is 0 Å². The van der Waals surface area contributed by atoms with Gasteiger partial charge in [0, 0.05) is 44.1 Å². The quantitative estimate of drug-likeness (QED) is 0.797. The minimum absolute atomic E-state index is 0.830. The Morgan fingerprint density at radius 3 is 2.50 bits per heavy atom. The maximum absolute atomic E-state index is 5.72. The van der Waals surface area contributed by atoms with E-state index >= 15 is 0 Å². The Hall–Kier alpha value is -1.26. The highest BCUT2D eigenvalue weighted by atomic mass is 15.4. The van der Waals surface area contributed by atoms with Crippen LogP contribution in [0.25, 0.3) is 0 Å². The molecule has 4 heteroatoms. The molecule has 0 bridgehead atoms. The van der Waals surface area contributed by atoms with Crippen LogP contribution in [0.4, 0.5) is 11.4 Å². The molecule has 1 aromatic carbocycles. The molecule has 0 aliphatic carbocycles. The summed E-state index contributed by atoms with van der Waals surface area (Å²) in [6.07, 6.45) is 0. The van der Waals surface area contributed by atoms with Gasteiger partial charge in [0.1, 0.15) is 0 Å². The molecule has 100 valence electrons. The Kier molecular flexibility index (Phi) is 4.44. The van der Waals surface area contributed by atoms with Crippen LogP contribution >= 0.6 is 0 Å². The van der Waals surface area contributed by atoms with Crippen molar-refractivity contribution in [2.75, 3.05) is 57.1 Å². The Morgan fingerprint density at radius 2 is 1.94 bits per heavy atom. The van der Waals surface area contributed by atoms with E-state index in [1.165, 1.54) is 18.8 Å². The predicted octanol–water partition coefficient (Wildman–Crippen LogP) is 1.30. The normalized spacial score (nSPS) is 17.2. The maximum atomic E-state index is 5.72. The molecular weight excluding hydrogens is 224 g/mol. The lowest BCUT2D eigenvalue weighted by Gasteiger charge is -2.26. The molecule has 0 unspecified atom stereocenters. The van der Waals surface area contributed by atoms with Gasteiger partial charge in [-0.2, -0.15) is 0 Å². The van der Waals surface area contributed by atoms with Crippen molar-refractivity contribution in [1.29, 1.82) is 0 Å². The second-order valence-electron chi connectivity index (χ2n) is 5.01. The van der Waals surface area contributed by atoms with E-state index in [1.807, 2.05) is 12.1 Å². The first-order chi connectivity index (χ1) is 8.69. The summed E-state index contributed by atoms with van der Waals surface area (Å²) >= 11 is 0. The van der Waals surface area contributed by atoms with E-state index in [-0.39, 0.29) is 0 Å². The molecular formula is C14H24N4. The van der Waals surface area contributed by atoms with Crippen molar-refractivity contribution < 1.29 is 0 Å². The second kappa shape index (κ2) is 6.07. The van der Waals surface area contributed by atoms with Gasteiger partial charge >= 0.3 is 0 Å². The summed E-state index contributed by atoms with van der Waals surface area (Å²) in [5.74, 6) is 0. The molecule has 2 N–H and O–H groups in total. The van der Waals surface area contributed by atoms with Crippen LogP contribution in [0.3, 0.4) is 0 Å². The minimum atomic E-state index is 0.830. The first-order valence-electron chi connectivity index (χ1n) is 6.70. The topological polar surface area (TPSA) is 35.7 Å². The molecule has 1 aromatic rings. The molecule has 2 rings (SSSR count). The van der Waals surface area contributed by atoms with Crippen molar-refractivity contribution in [1.82, 2.24) is 9.80 Å². The van der Waals surface area contributed by atoms with Gasteiger partial charge in [0.25, 0.3) is 0 Å². The van der Waals surface area contributed by atoms with Crippen LogP contribution in [0.5, 0.6) is 0 Å². The smallest absolute Gasteiger partial charge is 0.0505 e. The van der Waals surface area contributed by atoms with Gasteiger partial charge in [-0.1, -0.05) is 0 Å². The fraction of sp³-hybridized carbons (Fsp3) is 0.571. The van der Waals surface area contributed by atoms with Crippen LogP contribution in [0.15, 0.2) is 24.3 Å². The van der Waals surface area contributed by atoms with Crippen LogP contribution in [-0.4, -0.2) is 56.2 Å². The zero-order valence-electron chi connectivity index (χ0n) is 11.5. The molecule has 0 radical (unpaired) electrons.